The molecule has 2 amide bonds. The Morgan fingerprint density at radius 2 is 2.41 bits per heavy atom. The van der Waals surface area contributed by atoms with Crippen LogP contribution in [0.5, 0.6) is 0 Å². The predicted molar refractivity (Wildman–Crippen MR) is 63.9 cm³/mol. The smallest absolute Gasteiger partial charge is 0.325 e. The highest BCUT2D eigenvalue weighted by atomic mass is 16.2. The van der Waals surface area contributed by atoms with E-state index < -0.39 is 6.03 Å². The van der Waals surface area contributed by atoms with Gasteiger partial charge in [-0.15, -0.1) is 6.42 Å². The first-order valence-electron chi connectivity index (χ1n) is 4.88. The molecule has 6 nitrogen and oxygen atoms in total. The highest BCUT2D eigenvalue weighted by molar-refractivity contribution is 5.93. The molecule has 0 unspecified atom stereocenters. The third-order valence-electron chi connectivity index (χ3n) is 1.92. The van der Waals surface area contributed by atoms with Crippen LogP contribution in [0.15, 0.2) is 24.4 Å². The molecule has 0 fully saturated rings. The summed E-state index contributed by atoms with van der Waals surface area (Å²) in [6.45, 7) is 0.220. The van der Waals surface area contributed by atoms with Gasteiger partial charge in [0.15, 0.2) is 5.96 Å². The maximum absolute atomic E-state index is 11.6. The summed E-state index contributed by atoms with van der Waals surface area (Å²) >= 11 is 0. The Hall–Kier alpha value is -2.55. The average molecular weight is 231 g/mol. The van der Waals surface area contributed by atoms with Gasteiger partial charge in [0.1, 0.15) is 0 Å². The molecule has 1 heterocycles. The molecule has 0 aromatic carbocycles. The molecule has 0 spiro atoms. The number of guanidine groups is 1. The average Bonchev–Trinajstić information content (AvgIpc) is 2.34. The molecule has 1 rings (SSSR count). The monoisotopic (exact) mass is 231 g/mol. The molecule has 88 valence electrons. The van der Waals surface area contributed by atoms with Gasteiger partial charge in [-0.05, 0) is 12.1 Å². The van der Waals surface area contributed by atoms with Gasteiger partial charge in [0.2, 0.25) is 0 Å². The number of aromatic nitrogens is 1. The standard InChI is InChI=1S/C11H13N5O/c1-2-6-15-11(17)16(10(12)13)8-9-5-3-4-7-14-9/h1,3-5,7H,6,8H2,(H3,12,13)(H,15,17). The van der Waals surface area contributed by atoms with E-state index >= 15 is 0 Å². The first-order valence-corrected chi connectivity index (χ1v) is 4.88. The minimum Gasteiger partial charge on any atom is -0.370 e. The second-order valence-electron chi connectivity index (χ2n) is 3.16. The number of nitrogens with two attached hydrogens (primary N) is 1. The van der Waals surface area contributed by atoms with Gasteiger partial charge in [-0.1, -0.05) is 12.0 Å². The number of hydrogen-bond acceptors (Lipinski definition) is 3. The zero-order valence-corrected chi connectivity index (χ0v) is 9.18. The Bertz CT molecular complexity index is 437. The third kappa shape index (κ3) is 3.83. The van der Waals surface area contributed by atoms with Gasteiger partial charge in [0.25, 0.3) is 0 Å². The van der Waals surface area contributed by atoms with Crippen LogP contribution in [0.2, 0.25) is 0 Å². The Morgan fingerprint density at radius 3 is 2.94 bits per heavy atom. The van der Waals surface area contributed by atoms with E-state index in [4.69, 9.17) is 17.6 Å². The number of hydrogen-bond donors (Lipinski definition) is 3. The summed E-state index contributed by atoms with van der Waals surface area (Å²) in [5, 5.41) is 9.77. The molecule has 0 aliphatic heterocycles. The topological polar surface area (TPSA) is 95.1 Å². The molecule has 0 bridgehead atoms. The third-order valence-corrected chi connectivity index (χ3v) is 1.92. The number of urea groups is 1. The number of pyridine rings is 1. The van der Waals surface area contributed by atoms with E-state index in [1.165, 1.54) is 0 Å². The molecule has 4 N–H and O–H groups in total. The molecule has 17 heavy (non-hydrogen) atoms. The van der Waals surface area contributed by atoms with Crippen LogP contribution in [0.1, 0.15) is 5.69 Å². The lowest BCUT2D eigenvalue weighted by Crippen LogP contribution is -2.46. The van der Waals surface area contributed by atoms with Crippen molar-refractivity contribution in [3.05, 3.63) is 30.1 Å². The van der Waals surface area contributed by atoms with Gasteiger partial charge in [0.05, 0.1) is 18.8 Å². The fourth-order valence-corrected chi connectivity index (χ4v) is 1.14. The molecule has 0 aliphatic carbocycles. The van der Waals surface area contributed by atoms with Crippen molar-refractivity contribution < 1.29 is 4.79 Å². The summed E-state index contributed by atoms with van der Waals surface area (Å²) in [7, 11) is 0. The zero-order chi connectivity index (χ0) is 12.7. The van der Waals surface area contributed by atoms with E-state index in [9.17, 15) is 4.79 Å². The Kier molecular flexibility index (Phi) is 4.51. The largest absolute Gasteiger partial charge is 0.370 e. The van der Waals surface area contributed by atoms with Crippen molar-refractivity contribution in [2.75, 3.05) is 6.54 Å². The van der Waals surface area contributed by atoms with E-state index in [0.29, 0.717) is 5.69 Å². The lowest BCUT2D eigenvalue weighted by molar-refractivity contribution is 0.219. The summed E-state index contributed by atoms with van der Waals surface area (Å²) in [6, 6.07) is 4.78. The van der Waals surface area contributed by atoms with E-state index in [0.717, 1.165) is 4.90 Å². The van der Waals surface area contributed by atoms with Crippen LogP contribution >= 0.6 is 0 Å². The highest BCUT2D eigenvalue weighted by Crippen LogP contribution is 2.00. The van der Waals surface area contributed by atoms with E-state index in [1.807, 2.05) is 0 Å². The number of nitrogens with zero attached hydrogens (tertiary/aromatic N) is 2. The number of nitrogens with one attached hydrogen (secondary N) is 2. The van der Waals surface area contributed by atoms with Crippen LogP contribution in [-0.4, -0.2) is 28.4 Å². The van der Waals surface area contributed by atoms with Crippen LogP contribution in [0.4, 0.5) is 4.79 Å². The van der Waals surface area contributed by atoms with Gasteiger partial charge in [-0.2, -0.15) is 0 Å². The van der Waals surface area contributed by atoms with Crippen LogP contribution in [0, 0.1) is 17.8 Å². The molecular weight excluding hydrogens is 218 g/mol. The minimum atomic E-state index is -0.513. The van der Waals surface area contributed by atoms with Crippen LogP contribution in [0.25, 0.3) is 0 Å². The number of carbonyl (C=O) groups excluding carboxylic acids is 1. The van der Waals surface area contributed by atoms with Gasteiger partial charge >= 0.3 is 6.03 Å². The van der Waals surface area contributed by atoms with Crippen molar-refractivity contribution in [2.45, 2.75) is 6.54 Å². The second kappa shape index (κ2) is 6.12. The molecule has 1 aromatic heterocycles. The minimum absolute atomic E-state index is 0.0881. The molecule has 0 saturated heterocycles. The van der Waals surface area contributed by atoms with Crippen LogP contribution < -0.4 is 11.1 Å². The molecular formula is C11H13N5O. The second-order valence-corrected chi connectivity index (χ2v) is 3.16. The summed E-state index contributed by atoms with van der Waals surface area (Å²) in [5.74, 6) is 1.91. The van der Waals surface area contributed by atoms with Crippen LogP contribution in [-0.2, 0) is 6.54 Å². The quantitative estimate of drug-likeness (QED) is 0.391. The summed E-state index contributed by atoms with van der Waals surface area (Å²) < 4.78 is 0. The van der Waals surface area contributed by atoms with Crippen molar-refractivity contribution in [3.8, 4) is 12.3 Å². The number of amides is 2. The molecule has 0 atom stereocenters. The molecule has 6 heteroatoms. The fraction of sp³-hybridized carbons (Fsp3) is 0.182. The Labute approximate surface area is 99.3 Å². The maximum atomic E-state index is 11.6. The molecule has 0 radical (unpaired) electrons. The van der Waals surface area contributed by atoms with Gasteiger partial charge in [-0.3, -0.25) is 15.3 Å². The van der Waals surface area contributed by atoms with E-state index in [1.54, 1.807) is 24.4 Å². The first-order chi connectivity index (χ1) is 8.15. The summed E-state index contributed by atoms with van der Waals surface area (Å²) in [5.41, 5.74) is 5.96. The maximum Gasteiger partial charge on any atom is 0.325 e. The zero-order valence-electron chi connectivity index (χ0n) is 9.18. The lowest BCUT2D eigenvalue weighted by Gasteiger charge is -2.19. The normalized spacial score (nSPS) is 9.12. The Morgan fingerprint density at radius 1 is 1.65 bits per heavy atom. The first kappa shape index (κ1) is 12.5. The fourth-order valence-electron chi connectivity index (χ4n) is 1.14. The van der Waals surface area contributed by atoms with Gasteiger partial charge in [0, 0.05) is 6.20 Å². The van der Waals surface area contributed by atoms with Crippen LogP contribution in [0.3, 0.4) is 0 Å². The number of rotatable bonds is 3. The summed E-state index contributed by atoms with van der Waals surface area (Å²) in [6.07, 6.45) is 6.63. The van der Waals surface area contributed by atoms with E-state index in [-0.39, 0.29) is 19.0 Å². The SMILES string of the molecule is C#CCNC(=O)N(Cc1ccccn1)C(=N)N. The van der Waals surface area contributed by atoms with E-state index in [2.05, 4.69) is 16.2 Å². The predicted octanol–water partition coefficient (Wildman–Crippen LogP) is 0.120. The number of terminal acetylenes is 1. The molecule has 1 aromatic rings. The van der Waals surface area contributed by atoms with Crippen molar-refractivity contribution in [3.63, 3.8) is 0 Å². The Balaban J connectivity index is 2.71. The lowest BCUT2D eigenvalue weighted by atomic mass is 10.3. The van der Waals surface area contributed by atoms with Crippen molar-refractivity contribution in [2.24, 2.45) is 5.73 Å². The van der Waals surface area contributed by atoms with Gasteiger partial charge in [-0.25, -0.2) is 4.79 Å². The van der Waals surface area contributed by atoms with Gasteiger partial charge < -0.3 is 11.1 Å². The molecule has 0 aliphatic rings. The highest BCUT2D eigenvalue weighted by Gasteiger charge is 2.16. The number of carbonyl (C=O) groups is 1. The van der Waals surface area contributed by atoms with Crippen molar-refractivity contribution in [1.29, 1.82) is 5.41 Å². The van der Waals surface area contributed by atoms with Crippen molar-refractivity contribution >= 4 is 12.0 Å². The summed E-state index contributed by atoms with van der Waals surface area (Å²) in [4.78, 5) is 16.7. The van der Waals surface area contributed by atoms with Crippen molar-refractivity contribution in [1.82, 2.24) is 15.2 Å². The molecule has 0 saturated carbocycles.